The quantitative estimate of drug-likeness (QED) is 0.754. The molecule has 29 heavy (non-hydrogen) atoms. The minimum atomic E-state index is -4.61. The highest BCUT2D eigenvalue weighted by atomic mass is 35.5. The van der Waals surface area contributed by atoms with Crippen molar-refractivity contribution in [2.24, 2.45) is 0 Å². The van der Waals surface area contributed by atoms with Crippen molar-refractivity contribution in [2.75, 3.05) is 0 Å². The van der Waals surface area contributed by atoms with E-state index in [1.807, 2.05) is 0 Å². The first kappa shape index (κ1) is 19.8. The molecule has 1 saturated heterocycles. The number of carbonyl (C=O) groups excluding carboxylic acids is 1. The van der Waals surface area contributed by atoms with Gasteiger partial charge in [0.1, 0.15) is 0 Å². The summed E-state index contributed by atoms with van der Waals surface area (Å²) < 4.78 is 40.0. The molecule has 1 amide bonds. The molecule has 4 rings (SSSR count). The van der Waals surface area contributed by atoms with Crippen LogP contribution in [0.5, 0.6) is 0 Å². The van der Waals surface area contributed by atoms with Crippen molar-refractivity contribution in [3.8, 4) is 0 Å². The summed E-state index contributed by atoms with van der Waals surface area (Å²) in [5.41, 5.74) is 0.577. The number of H-pyrrole nitrogens is 1. The van der Waals surface area contributed by atoms with E-state index in [0.717, 1.165) is 18.9 Å². The zero-order valence-corrected chi connectivity index (χ0v) is 16.0. The monoisotopic (exact) mass is 422 g/mol. The lowest BCUT2D eigenvalue weighted by Crippen LogP contribution is -2.24. The highest BCUT2D eigenvalue weighted by molar-refractivity contribution is 6.31. The molecule has 2 heterocycles. The fourth-order valence-corrected chi connectivity index (χ4v) is 3.80. The number of aromatic nitrogens is 1. The normalized spacial score (nSPS) is 20.1. The molecule has 2 aliphatic rings. The molecule has 1 aromatic carbocycles. The summed E-state index contributed by atoms with van der Waals surface area (Å²) in [6, 6.07) is 6.75. The van der Waals surface area contributed by atoms with Crippen molar-refractivity contribution < 1.29 is 18.0 Å². The van der Waals surface area contributed by atoms with Crippen molar-refractivity contribution in [3.05, 3.63) is 74.2 Å². The predicted octanol–water partition coefficient (Wildman–Crippen LogP) is 4.63. The lowest BCUT2D eigenvalue weighted by molar-refractivity contribution is -0.137. The Morgan fingerprint density at radius 2 is 1.86 bits per heavy atom. The number of hydrogen-bond acceptors (Lipinski definition) is 2. The van der Waals surface area contributed by atoms with Gasteiger partial charge in [0.2, 0.25) is 5.91 Å². The Balaban J connectivity index is 1.81. The summed E-state index contributed by atoms with van der Waals surface area (Å²) in [7, 11) is 0. The third kappa shape index (κ3) is 4.24. The first-order valence-electron chi connectivity index (χ1n) is 9.34. The van der Waals surface area contributed by atoms with Crippen molar-refractivity contribution in [1.82, 2.24) is 10.3 Å². The highest BCUT2D eigenvalue weighted by Crippen LogP contribution is 2.39. The van der Waals surface area contributed by atoms with Crippen molar-refractivity contribution >= 4 is 23.1 Å². The summed E-state index contributed by atoms with van der Waals surface area (Å²) >= 11 is 5.75. The third-order valence-corrected chi connectivity index (χ3v) is 5.56. The minimum Gasteiger partial charge on any atom is -0.350 e. The van der Waals surface area contributed by atoms with Gasteiger partial charge in [-0.3, -0.25) is 9.59 Å². The molecule has 1 aliphatic heterocycles. The fourth-order valence-electron chi connectivity index (χ4n) is 3.57. The number of aromatic amines is 1. The molecule has 2 aromatic rings. The van der Waals surface area contributed by atoms with Crippen LogP contribution < -0.4 is 10.9 Å². The Kier molecular flexibility index (Phi) is 5.02. The van der Waals surface area contributed by atoms with Crippen LogP contribution in [0, 0.1) is 0 Å². The molecule has 0 spiro atoms. The Hall–Kier alpha value is -2.54. The number of rotatable bonds is 4. The molecule has 1 atom stereocenters. The molecular formula is C21H18ClF3N2O2. The number of hydrogen-bond donors (Lipinski definition) is 2. The van der Waals surface area contributed by atoms with Crippen molar-refractivity contribution in [3.63, 3.8) is 0 Å². The molecule has 2 fully saturated rings. The van der Waals surface area contributed by atoms with E-state index in [2.05, 4.69) is 10.3 Å². The number of nitrogens with one attached hydrogen (secondary N) is 2. The number of benzene rings is 1. The van der Waals surface area contributed by atoms with Crippen LogP contribution in [-0.4, -0.2) is 16.9 Å². The van der Waals surface area contributed by atoms with Gasteiger partial charge in [-0.15, -0.1) is 0 Å². The van der Waals surface area contributed by atoms with Gasteiger partial charge in [-0.25, -0.2) is 0 Å². The second-order valence-electron chi connectivity index (χ2n) is 7.42. The molecule has 0 bridgehead atoms. The third-order valence-electron chi connectivity index (χ3n) is 5.23. The molecule has 0 unspecified atom stereocenters. The van der Waals surface area contributed by atoms with Gasteiger partial charge in [0, 0.05) is 29.3 Å². The topological polar surface area (TPSA) is 62.0 Å². The van der Waals surface area contributed by atoms with Crippen LogP contribution in [-0.2, 0) is 11.0 Å². The maximum Gasteiger partial charge on any atom is 0.417 e. The van der Waals surface area contributed by atoms with Gasteiger partial charge in [0.25, 0.3) is 5.56 Å². The molecule has 2 N–H and O–H groups in total. The van der Waals surface area contributed by atoms with E-state index in [1.54, 1.807) is 18.2 Å². The van der Waals surface area contributed by atoms with Gasteiger partial charge in [-0.1, -0.05) is 29.8 Å². The Morgan fingerprint density at radius 1 is 1.10 bits per heavy atom. The van der Waals surface area contributed by atoms with Crippen LogP contribution in [0.4, 0.5) is 13.2 Å². The molecule has 0 radical (unpaired) electrons. The smallest absolute Gasteiger partial charge is 0.350 e. The summed E-state index contributed by atoms with van der Waals surface area (Å²) in [5.74, 6) is 0.136. The maximum atomic E-state index is 13.3. The molecular weight excluding hydrogens is 405 g/mol. The largest absolute Gasteiger partial charge is 0.417 e. The van der Waals surface area contributed by atoms with Gasteiger partial charge in [-0.2, -0.15) is 13.2 Å². The van der Waals surface area contributed by atoms with E-state index < -0.39 is 16.8 Å². The number of halogens is 4. The van der Waals surface area contributed by atoms with E-state index >= 15 is 0 Å². The predicted molar refractivity (Wildman–Crippen MR) is 104 cm³/mol. The zero-order chi connectivity index (χ0) is 20.8. The van der Waals surface area contributed by atoms with Crippen molar-refractivity contribution in [1.29, 1.82) is 0 Å². The first-order valence-corrected chi connectivity index (χ1v) is 9.72. The van der Waals surface area contributed by atoms with Crippen LogP contribution in [0.15, 0.2) is 41.2 Å². The van der Waals surface area contributed by atoms with Gasteiger partial charge >= 0.3 is 6.18 Å². The molecule has 4 nitrogen and oxygen atoms in total. The molecule has 8 heteroatoms. The number of alkyl halides is 3. The summed E-state index contributed by atoms with van der Waals surface area (Å²) in [5, 5.41) is 2.38. The van der Waals surface area contributed by atoms with E-state index in [4.69, 9.17) is 11.6 Å². The zero-order valence-electron chi connectivity index (χ0n) is 15.3. The van der Waals surface area contributed by atoms with Crippen LogP contribution in [0.25, 0.3) is 5.57 Å². The average Bonchev–Trinajstić information content (AvgIpc) is 3.41. The second-order valence-corrected chi connectivity index (χ2v) is 7.82. The fraction of sp³-hybridized carbons (Fsp3) is 0.333. The van der Waals surface area contributed by atoms with E-state index in [9.17, 15) is 22.8 Å². The van der Waals surface area contributed by atoms with Gasteiger partial charge < -0.3 is 10.3 Å². The van der Waals surface area contributed by atoms with Crippen LogP contribution in [0.1, 0.15) is 54.0 Å². The summed E-state index contributed by atoms with van der Waals surface area (Å²) in [4.78, 5) is 26.8. The number of carbonyl (C=O) groups is 1. The molecule has 152 valence electrons. The summed E-state index contributed by atoms with van der Waals surface area (Å²) in [6.45, 7) is 0. The Bertz CT molecular complexity index is 1050. The number of amides is 1. The van der Waals surface area contributed by atoms with Crippen LogP contribution >= 0.6 is 11.6 Å². The standard InChI is InChI=1S/C21H18ClF3N2O2/c22-17-6-3-12(9-16(17)21(23,24)25)15(10-13-4-8-19(28)26-13)18-7-5-14(11-1-2-11)20(29)27-18/h3,5-7,9-11,13H,1-2,4,8H2,(H,26,28)(H,27,29)/b15-10+/t13-/m1/s1. The molecule has 1 aliphatic carbocycles. The van der Waals surface area contributed by atoms with Gasteiger partial charge in [0.15, 0.2) is 0 Å². The minimum absolute atomic E-state index is 0.115. The first-order chi connectivity index (χ1) is 13.7. The Morgan fingerprint density at radius 3 is 2.45 bits per heavy atom. The average molecular weight is 423 g/mol. The van der Waals surface area contributed by atoms with E-state index in [1.165, 1.54) is 12.1 Å². The van der Waals surface area contributed by atoms with E-state index in [-0.39, 0.29) is 29.0 Å². The molecule has 1 aromatic heterocycles. The second kappa shape index (κ2) is 7.37. The van der Waals surface area contributed by atoms with Gasteiger partial charge in [0.05, 0.1) is 10.6 Å². The maximum absolute atomic E-state index is 13.3. The summed E-state index contributed by atoms with van der Waals surface area (Å²) in [6.07, 6.45) is -0.109. The lowest BCUT2D eigenvalue weighted by Gasteiger charge is -2.15. The van der Waals surface area contributed by atoms with Crippen LogP contribution in [0.3, 0.4) is 0 Å². The Labute approximate surface area is 169 Å². The molecule has 1 saturated carbocycles. The van der Waals surface area contributed by atoms with Crippen molar-refractivity contribution in [2.45, 2.75) is 43.8 Å². The number of pyridine rings is 1. The van der Waals surface area contributed by atoms with E-state index in [0.29, 0.717) is 29.7 Å². The SMILES string of the molecule is O=C1CC[C@H](/C=C(\c2ccc(Cl)c(C(F)(F)F)c2)c2ccc(C3CC3)c(=O)[nH]2)N1. The lowest BCUT2D eigenvalue weighted by atomic mass is 9.96. The highest BCUT2D eigenvalue weighted by Gasteiger charge is 2.34. The van der Waals surface area contributed by atoms with Crippen LogP contribution in [0.2, 0.25) is 5.02 Å². The van der Waals surface area contributed by atoms with Gasteiger partial charge in [-0.05, 0) is 48.9 Å².